The molecular formula is C23H24ClN3O7. The molecule has 3 amide bonds. The summed E-state index contributed by atoms with van der Waals surface area (Å²) in [5, 5.41) is 1.68. The number of carbonyl (C=O) groups excluding carboxylic acids is 3. The zero-order chi connectivity index (χ0) is 24.7. The third-order valence-electron chi connectivity index (χ3n) is 5.95. The zero-order valence-electron chi connectivity index (χ0n) is 19.0. The van der Waals surface area contributed by atoms with Crippen molar-refractivity contribution in [2.24, 2.45) is 11.7 Å². The van der Waals surface area contributed by atoms with E-state index in [9.17, 15) is 14.4 Å². The largest absolute Gasteiger partial charge is 0.493 e. The highest BCUT2D eigenvalue weighted by molar-refractivity contribution is 6.32. The van der Waals surface area contributed by atoms with Crippen LogP contribution >= 0.6 is 11.6 Å². The normalized spacial score (nSPS) is 22.1. The Hall–Kier alpha value is -3.34. The number of fused-ring (bicyclic) bond motifs is 1. The van der Waals surface area contributed by atoms with Gasteiger partial charge in [-0.15, -0.1) is 0 Å². The van der Waals surface area contributed by atoms with Gasteiger partial charge in [0.25, 0.3) is 5.91 Å². The summed E-state index contributed by atoms with van der Waals surface area (Å²) in [6.45, 7) is 1.49. The predicted molar refractivity (Wildman–Crippen MR) is 122 cm³/mol. The van der Waals surface area contributed by atoms with Crippen molar-refractivity contribution in [3.8, 4) is 17.2 Å². The van der Waals surface area contributed by atoms with Gasteiger partial charge in [-0.1, -0.05) is 17.7 Å². The minimum Gasteiger partial charge on any atom is -0.493 e. The number of hydrogen-bond donors (Lipinski definition) is 1. The summed E-state index contributed by atoms with van der Waals surface area (Å²) in [7, 11) is 4.39. The first-order valence-corrected chi connectivity index (χ1v) is 10.7. The van der Waals surface area contributed by atoms with Gasteiger partial charge in [-0.25, -0.2) is 4.90 Å². The van der Waals surface area contributed by atoms with Crippen molar-refractivity contribution in [3.05, 3.63) is 46.5 Å². The van der Waals surface area contributed by atoms with Gasteiger partial charge in [0, 0.05) is 5.02 Å². The number of nitrogens with zero attached hydrogens (tertiary/aromatic N) is 2. The number of imide groups is 1. The predicted octanol–water partition coefficient (Wildman–Crippen LogP) is 2.01. The van der Waals surface area contributed by atoms with Gasteiger partial charge in [0.2, 0.25) is 17.6 Å². The van der Waals surface area contributed by atoms with E-state index < -0.39 is 35.8 Å². The lowest BCUT2D eigenvalue weighted by Gasteiger charge is -2.27. The number of hydrogen-bond acceptors (Lipinski definition) is 8. The van der Waals surface area contributed by atoms with E-state index in [1.165, 1.54) is 26.4 Å². The van der Waals surface area contributed by atoms with E-state index >= 15 is 0 Å². The lowest BCUT2D eigenvalue weighted by Crippen LogP contribution is -2.40. The number of nitrogens with two attached hydrogens (primary N) is 1. The third kappa shape index (κ3) is 3.83. The van der Waals surface area contributed by atoms with E-state index in [4.69, 9.17) is 36.4 Å². The molecule has 2 N–H and O–H groups in total. The van der Waals surface area contributed by atoms with Gasteiger partial charge in [0.05, 0.1) is 39.0 Å². The van der Waals surface area contributed by atoms with Crippen LogP contribution in [-0.4, -0.2) is 56.8 Å². The van der Waals surface area contributed by atoms with Gasteiger partial charge in [-0.2, -0.15) is 5.06 Å². The van der Waals surface area contributed by atoms with Crippen LogP contribution in [0.15, 0.2) is 30.3 Å². The van der Waals surface area contributed by atoms with E-state index in [2.05, 4.69) is 0 Å². The van der Waals surface area contributed by atoms with Gasteiger partial charge in [0.15, 0.2) is 17.6 Å². The van der Waals surface area contributed by atoms with Crippen molar-refractivity contribution >= 4 is 35.0 Å². The number of amides is 3. The van der Waals surface area contributed by atoms with Crippen LogP contribution in [0.3, 0.4) is 0 Å². The quantitative estimate of drug-likeness (QED) is 0.586. The molecule has 0 saturated carbocycles. The second-order valence-electron chi connectivity index (χ2n) is 7.94. The Bertz CT molecular complexity index is 1150. The molecule has 2 aliphatic heterocycles. The summed E-state index contributed by atoms with van der Waals surface area (Å²) < 4.78 is 16.3. The number of methoxy groups -OCH3 is 3. The van der Waals surface area contributed by atoms with Crippen LogP contribution in [0.2, 0.25) is 5.02 Å². The van der Waals surface area contributed by atoms with Gasteiger partial charge < -0.3 is 19.9 Å². The monoisotopic (exact) mass is 489 g/mol. The molecule has 10 nitrogen and oxygen atoms in total. The van der Waals surface area contributed by atoms with E-state index in [0.29, 0.717) is 33.5 Å². The number of ether oxygens (including phenoxy) is 3. The van der Waals surface area contributed by atoms with Crippen molar-refractivity contribution in [2.45, 2.75) is 19.1 Å². The fourth-order valence-corrected chi connectivity index (χ4v) is 4.55. The van der Waals surface area contributed by atoms with Crippen LogP contribution < -0.4 is 24.8 Å². The molecule has 0 aliphatic carbocycles. The number of halogens is 1. The number of anilines is 1. The summed E-state index contributed by atoms with van der Waals surface area (Å²) in [4.78, 5) is 45.5. The van der Waals surface area contributed by atoms with Gasteiger partial charge in [0.1, 0.15) is 6.54 Å². The van der Waals surface area contributed by atoms with Crippen LogP contribution in [0.25, 0.3) is 0 Å². The first kappa shape index (κ1) is 23.8. The highest BCUT2D eigenvalue weighted by Gasteiger charge is 2.60. The lowest BCUT2D eigenvalue weighted by atomic mass is 9.90. The van der Waals surface area contributed by atoms with Crippen molar-refractivity contribution in [1.82, 2.24) is 5.06 Å². The molecule has 11 heteroatoms. The highest BCUT2D eigenvalue weighted by Crippen LogP contribution is 2.49. The summed E-state index contributed by atoms with van der Waals surface area (Å²) in [5.41, 5.74) is 7.09. The molecule has 2 aromatic rings. The maximum atomic E-state index is 13.6. The van der Waals surface area contributed by atoms with Crippen molar-refractivity contribution in [3.63, 3.8) is 0 Å². The molecule has 4 rings (SSSR count). The number of rotatable bonds is 7. The minimum absolute atomic E-state index is 0.328. The van der Waals surface area contributed by atoms with Gasteiger partial charge in [-0.3, -0.25) is 19.2 Å². The maximum Gasteiger partial charge on any atom is 0.265 e. The molecular weight excluding hydrogens is 466 g/mol. The average Bonchev–Trinajstić information content (AvgIpc) is 3.28. The second kappa shape index (κ2) is 9.13. The highest BCUT2D eigenvalue weighted by atomic mass is 35.5. The molecule has 180 valence electrons. The molecule has 0 radical (unpaired) electrons. The molecule has 2 saturated heterocycles. The Labute approximate surface area is 201 Å². The topological polar surface area (TPSA) is 121 Å². The second-order valence-corrected chi connectivity index (χ2v) is 8.35. The SMILES string of the molecule is COc1cc(C2C3C(=O)N(c4ccc(C)c(Cl)c4)C(=O)C3ON2CC(N)=O)cc(OC)c1OC. The van der Waals surface area contributed by atoms with Crippen molar-refractivity contribution in [2.75, 3.05) is 32.8 Å². The van der Waals surface area contributed by atoms with Crippen LogP contribution in [0.1, 0.15) is 17.2 Å². The minimum atomic E-state index is -1.14. The molecule has 3 unspecified atom stereocenters. The summed E-state index contributed by atoms with van der Waals surface area (Å²) in [6.07, 6.45) is -1.14. The average molecular weight is 490 g/mol. The Morgan fingerprint density at radius 3 is 2.24 bits per heavy atom. The fraction of sp³-hybridized carbons (Fsp3) is 0.348. The molecule has 0 spiro atoms. The summed E-state index contributed by atoms with van der Waals surface area (Å²) in [6, 6.07) is 7.40. The Balaban J connectivity index is 1.81. The van der Waals surface area contributed by atoms with Crippen molar-refractivity contribution in [1.29, 1.82) is 0 Å². The maximum absolute atomic E-state index is 13.6. The molecule has 34 heavy (non-hydrogen) atoms. The smallest absolute Gasteiger partial charge is 0.265 e. The molecule has 2 fully saturated rings. The van der Waals surface area contributed by atoms with E-state index in [-0.39, 0.29) is 6.54 Å². The lowest BCUT2D eigenvalue weighted by molar-refractivity contribution is -0.175. The van der Waals surface area contributed by atoms with Crippen LogP contribution in [0, 0.1) is 12.8 Å². The van der Waals surface area contributed by atoms with Crippen LogP contribution in [-0.2, 0) is 19.2 Å². The molecule has 0 aromatic heterocycles. The third-order valence-corrected chi connectivity index (χ3v) is 6.36. The molecule has 0 bridgehead atoms. The van der Waals surface area contributed by atoms with Gasteiger partial charge in [-0.05, 0) is 42.3 Å². The number of aryl methyl sites for hydroxylation is 1. The fourth-order valence-electron chi connectivity index (χ4n) is 4.38. The van der Waals surface area contributed by atoms with Gasteiger partial charge >= 0.3 is 0 Å². The molecule has 2 heterocycles. The number of carbonyl (C=O) groups is 3. The summed E-state index contributed by atoms with van der Waals surface area (Å²) >= 11 is 6.23. The first-order valence-electron chi connectivity index (χ1n) is 10.4. The van der Waals surface area contributed by atoms with E-state index in [0.717, 1.165) is 10.5 Å². The number of benzene rings is 2. The first-order chi connectivity index (χ1) is 16.2. The standard InChI is InChI=1S/C23H24ClN3O7/c1-11-5-6-13(9-14(11)24)27-22(29)18-19(26(10-17(25)28)34-21(18)23(27)30)12-7-15(31-2)20(33-4)16(8-12)32-3/h5-9,18-19,21H,10H2,1-4H3,(H2,25,28). The molecule has 2 aliphatic rings. The van der Waals surface area contributed by atoms with Crippen LogP contribution in [0.5, 0.6) is 17.2 Å². The molecule has 3 atom stereocenters. The van der Waals surface area contributed by atoms with Crippen LogP contribution in [0.4, 0.5) is 5.69 Å². The summed E-state index contributed by atoms with van der Waals surface area (Å²) in [5.74, 6) is -1.62. The Morgan fingerprint density at radius 1 is 1.06 bits per heavy atom. The van der Waals surface area contributed by atoms with Crippen molar-refractivity contribution < 1.29 is 33.4 Å². The number of hydroxylamine groups is 2. The Kier molecular flexibility index (Phi) is 6.39. The molecule has 2 aromatic carbocycles. The Morgan fingerprint density at radius 2 is 1.71 bits per heavy atom. The number of primary amides is 1. The van der Waals surface area contributed by atoms with E-state index in [1.54, 1.807) is 30.3 Å². The van der Waals surface area contributed by atoms with E-state index in [1.807, 2.05) is 6.92 Å². The zero-order valence-corrected chi connectivity index (χ0v) is 19.8.